The predicted molar refractivity (Wildman–Crippen MR) is 108 cm³/mol. The number of methoxy groups -OCH3 is 1. The first-order valence-corrected chi connectivity index (χ1v) is 8.99. The van der Waals surface area contributed by atoms with E-state index in [-0.39, 0.29) is 17.0 Å². The van der Waals surface area contributed by atoms with Crippen LogP contribution in [0.3, 0.4) is 0 Å². The molecule has 2 rings (SSSR count). The van der Waals surface area contributed by atoms with Crippen LogP contribution >= 0.6 is 0 Å². The Bertz CT molecular complexity index is 933. The first kappa shape index (κ1) is 22.1. The van der Waals surface area contributed by atoms with Crippen LogP contribution in [0.25, 0.3) is 0 Å². The lowest BCUT2D eigenvalue weighted by atomic mass is 10.1. The van der Waals surface area contributed by atoms with E-state index in [9.17, 15) is 19.7 Å². The minimum absolute atomic E-state index is 0.0302. The van der Waals surface area contributed by atoms with Crippen molar-refractivity contribution in [2.24, 2.45) is 0 Å². The van der Waals surface area contributed by atoms with Crippen molar-refractivity contribution in [2.75, 3.05) is 39.3 Å². The molecule has 1 heterocycles. The highest BCUT2D eigenvalue weighted by molar-refractivity contribution is 6.02. The van der Waals surface area contributed by atoms with Gasteiger partial charge in [0.2, 0.25) is 5.78 Å². The second kappa shape index (κ2) is 9.33. The summed E-state index contributed by atoms with van der Waals surface area (Å²) in [6, 6.07) is 5.69. The monoisotopic (exact) mass is 403 g/mol. The second-order valence-electron chi connectivity index (χ2n) is 6.78. The number of Topliss-reactive ketones (excluding diaryl/α,β-unsaturated/α-hetero) is 1. The molecule has 0 atom stereocenters. The van der Waals surface area contributed by atoms with Crippen molar-refractivity contribution in [3.05, 3.63) is 56.9 Å². The smallest absolute Gasteiger partial charge is 0.340 e. The number of aryl methyl sites for hydroxylation is 1. The van der Waals surface area contributed by atoms with E-state index in [4.69, 9.17) is 9.47 Å². The number of carbonyl (C=O) groups excluding carboxylic acids is 2. The van der Waals surface area contributed by atoms with Crippen LogP contribution in [0.1, 0.15) is 32.1 Å². The third-order valence-corrected chi connectivity index (χ3v) is 4.62. The van der Waals surface area contributed by atoms with Crippen LogP contribution in [0.5, 0.6) is 0 Å². The van der Waals surface area contributed by atoms with Gasteiger partial charge in [-0.25, -0.2) is 4.79 Å². The summed E-state index contributed by atoms with van der Waals surface area (Å²) in [5.41, 5.74) is 2.41. The number of hydrogen-bond acceptors (Lipinski definition) is 7. The molecule has 0 N–H and O–H groups in total. The summed E-state index contributed by atoms with van der Waals surface area (Å²) in [5, 5.41) is 11.0. The zero-order chi connectivity index (χ0) is 21.7. The van der Waals surface area contributed by atoms with Gasteiger partial charge in [0, 0.05) is 56.8 Å². The van der Waals surface area contributed by atoms with Crippen LogP contribution < -0.4 is 4.90 Å². The van der Waals surface area contributed by atoms with E-state index in [1.807, 2.05) is 18.4 Å². The Morgan fingerprint density at radius 1 is 1.17 bits per heavy atom. The van der Waals surface area contributed by atoms with E-state index >= 15 is 0 Å². The minimum Gasteiger partial charge on any atom is -0.454 e. The normalized spacial score (nSPS) is 10.7. The molecule has 0 radical (unpaired) electrons. The van der Waals surface area contributed by atoms with Crippen molar-refractivity contribution >= 4 is 23.1 Å². The molecular weight excluding hydrogens is 378 g/mol. The van der Waals surface area contributed by atoms with E-state index < -0.39 is 17.5 Å². The molecule has 9 heteroatoms. The molecule has 0 aliphatic rings. The van der Waals surface area contributed by atoms with Crippen molar-refractivity contribution in [2.45, 2.75) is 20.4 Å². The van der Waals surface area contributed by atoms with Gasteiger partial charge in [-0.05, 0) is 26.0 Å². The van der Waals surface area contributed by atoms with Crippen LogP contribution in [0, 0.1) is 24.0 Å². The summed E-state index contributed by atoms with van der Waals surface area (Å²) < 4.78 is 12.2. The highest BCUT2D eigenvalue weighted by Gasteiger charge is 2.22. The van der Waals surface area contributed by atoms with Crippen molar-refractivity contribution in [1.82, 2.24) is 4.57 Å². The van der Waals surface area contributed by atoms with Gasteiger partial charge in [-0.3, -0.25) is 14.9 Å². The molecule has 0 fully saturated rings. The van der Waals surface area contributed by atoms with Crippen molar-refractivity contribution in [3.63, 3.8) is 0 Å². The number of carbonyl (C=O) groups is 2. The van der Waals surface area contributed by atoms with Gasteiger partial charge in [0.05, 0.1) is 22.8 Å². The zero-order valence-corrected chi connectivity index (χ0v) is 17.2. The summed E-state index contributed by atoms with van der Waals surface area (Å²) in [6.07, 6.45) is 0. The first-order chi connectivity index (χ1) is 13.7. The fraction of sp³-hybridized carbons (Fsp3) is 0.400. The number of ketones is 1. The lowest BCUT2D eigenvalue weighted by molar-refractivity contribution is -0.384. The fourth-order valence-corrected chi connectivity index (χ4v) is 3.09. The number of benzene rings is 1. The maximum absolute atomic E-state index is 12.6. The highest BCUT2D eigenvalue weighted by Crippen LogP contribution is 2.25. The lowest BCUT2D eigenvalue weighted by Gasteiger charge is -2.16. The summed E-state index contributed by atoms with van der Waals surface area (Å²) >= 11 is 0. The number of rotatable bonds is 9. The summed E-state index contributed by atoms with van der Waals surface area (Å²) in [6.45, 7) is 4.38. The SMILES string of the molecule is COCCn1c(C)cc(C(=O)COC(=O)c2cc([N+](=O)[O-])ccc2N(C)C)c1C. The van der Waals surface area contributed by atoms with Crippen LogP contribution in [0.4, 0.5) is 11.4 Å². The largest absolute Gasteiger partial charge is 0.454 e. The van der Waals surface area contributed by atoms with Crippen molar-refractivity contribution in [1.29, 1.82) is 0 Å². The molecule has 1 aromatic heterocycles. The number of anilines is 1. The summed E-state index contributed by atoms with van der Waals surface area (Å²) in [5.74, 6) is -1.13. The lowest BCUT2D eigenvalue weighted by Crippen LogP contribution is -2.19. The molecule has 0 saturated heterocycles. The standard InChI is InChI=1S/C20H25N3O6/c1-13-10-16(14(2)22(13)8-9-28-5)19(24)12-29-20(25)17-11-15(23(26)27)6-7-18(17)21(3)4/h6-7,10-11H,8-9,12H2,1-5H3. The van der Waals surface area contributed by atoms with Crippen molar-refractivity contribution in [3.8, 4) is 0 Å². The molecule has 0 spiro atoms. The second-order valence-corrected chi connectivity index (χ2v) is 6.78. The average molecular weight is 403 g/mol. The molecule has 29 heavy (non-hydrogen) atoms. The van der Waals surface area contributed by atoms with Crippen LogP contribution in [0.2, 0.25) is 0 Å². The van der Waals surface area contributed by atoms with Gasteiger partial charge in [-0.1, -0.05) is 0 Å². The number of nitro groups is 1. The molecular formula is C20H25N3O6. The number of nitrogens with zero attached hydrogens (tertiary/aromatic N) is 3. The Hall–Kier alpha value is -3.20. The van der Waals surface area contributed by atoms with E-state index in [0.29, 0.717) is 24.4 Å². The van der Waals surface area contributed by atoms with Crippen LogP contribution in [0.15, 0.2) is 24.3 Å². The number of hydrogen-bond donors (Lipinski definition) is 0. The number of aromatic nitrogens is 1. The molecule has 1 aromatic carbocycles. The van der Waals surface area contributed by atoms with Gasteiger partial charge >= 0.3 is 5.97 Å². The Morgan fingerprint density at radius 2 is 1.86 bits per heavy atom. The molecule has 0 bridgehead atoms. The number of esters is 1. The van der Waals surface area contributed by atoms with Crippen LogP contribution in [-0.2, 0) is 16.0 Å². The Balaban J connectivity index is 2.18. The quantitative estimate of drug-likeness (QED) is 0.274. The van der Waals surface area contributed by atoms with Gasteiger partial charge in [0.15, 0.2) is 6.61 Å². The number of non-ortho nitro benzene ring substituents is 1. The van der Waals surface area contributed by atoms with E-state index in [2.05, 4.69) is 0 Å². The minimum atomic E-state index is -0.793. The van der Waals surface area contributed by atoms with Gasteiger partial charge in [0.25, 0.3) is 5.69 Å². The number of nitro benzene ring substituents is 1. The van der Waals surface area contributed by atoms with Gasteiger partial charge in [0.1, 0.15) is 0 Å². The molecule has 9 nitrogen and oxygen atoms in total. The third-order valence-electron chi connectivity index (χ3n) is 4.62. The first-order valence-electron chi connectivity index (χ1n) is 8.99. The zero-order valence-electron chi connectivity index (χ0n) is 17.2. The molecule has 156 valence electrons. The molecule has 0 saturated carbocycles. The maximum atomic E-state index is 12.6. The van der Waals surface area contributed by atoms with Gasteiger partial charge in [-0.2, -0.15) is 0 Å². The molecule has 0 amide bonds. The highest BCUT2D eigenvalue weighted by atomic mass is 16.6. The van der Waals surface area contributed by atoms with Gasteiger partial charge in [-0.15, -0.1) is 0 Å². The topological polar surface area (TPSA) is 104 Å². The average Bonchev–Trinajstić information content (AvgIpc) is 2.97. The summed E-state index contributed by atoms with van der Waals surface area (Å²) in [7, 11) is 5.02. The van der Waals surface area contributed by atoms with E-state index in [1.165, 1.54) is 12.1 Å². The Labute approximate surface area is 169 Å². The van der Waals surface area contributed by atoms with E-state index in [1.54, 1.807) is 32.2 Å². The molecule has 0 aliphatic carbocycles. The van der Waals surface area contributed by atoms with Crippen LogP contribution in [-0.4, -0.2) is 55.7 Å². The maximum Gasteiger partial charge on any atom is 0.340 e. The Morgan fingerprint density at radius 3 is 2.45 bits per heavy atom. The van der Waals surface area contributed by atoms with Gasteiger partial charge < -0.3 is 18.9 Å². The fourth-order valence-electron chi connectivity index (χ4n) is 3.09. The predicted octanol–water partition coefficient (Wildman–Crippen LogP) is 2.77. The molecule has 2 aromatic rings. The Kier molecular flexibility index (Phi) is 7.11. The molecule has 0 aliphatic heterocycles. The number of ether oxygens (including phenoxy) is 2. The van der Waals surface area contributed by atoms with Crippen molar-refractivity contribution < 1.29 is 24.0 Å². The third kappa shape index (κ3) is 5.00. The molecule has 0 unspecified atom stereocenters. The summed E-state index contributed by atoms with van der Waals surface area (Å²) in [4.78, 5) is 37.2. The van der Waals surface area contributed by atoms with E-state index in [0.717, 1.165) is 17.5 Å².